The molecule has 0 saturated carbocycles. The zero-order valence-electron chi connectivity index (χ0n) is 9.27. The molecular formula is C9H13N2NaO4. The van der Waals surface area contributed by atoms with Gasteiger partial charge in [-0.3, -0.25) is 4.79 Å². The molecule has 0 fully saturated rings. The smallest absolute Gasteiger partial charge is 0.545 e. The average molecular weight is 236 g/mol. The van der Waals surface area contributed by atoms with Gasteiger partial charge in [0, 0.05) is 13.0 Å². The number of carbonyl (C=O) groups is 2. The van der Waals surface area contributed by atoms with Crippen LogP contribution in [0.5, 0.6) is 0 Å². The summed E-state index contributed by atoms with van der Waals surface area (Å²) in [6.07, 6.45) is 0.134. The monoisotopic (exact) mass is 236 g/mol. The summed E-state index contributed by atoms with van der Waals surface area (Å²) < 4.78 is 0. The molecule has 0 aromatic heterocycles. The first kappa shape index (κ1) is 15.6. The van der Waals surface area contributed by atoms with Gasteiger partial charge in [-0.05, 0) is 18.1 Å². The molecule has 3 unspecified atom stereocenters. The first-order valence-electron chi connectivity index (χ1n) is 4.54. The van der Waals surface area contributed by atoms with Crippen LogP contribution in [0.2, 0.25) is 0 Å². The molecule has 1 amide bonds. The second kappa shape index (κ2) is 6.36. The van der Waals surface area contributed by atoms with E-state index < -0.39 is 24.2 Å². The Labute approximate surface area is 115 Å². The summed E-state index contributed by atoms with van der Waals surface area (Å²) in [5.74, 6) is -1.66. The number of hydrogen-bond acceptors (Lipinski definition) is 5. The number of carboxylic acid groups (broad SMARTS) is 1. The van der Waals surface area contributed by atoms with Crippen LogP contribution in [0.1, 0.15) is 13.3 Å². The topological polar surface area (TPSA) is 115 Å². The molecule has 6 nitrogen and oxygen atoms in total. The minimum atomic E-state index is -1.34. The van der Waals surface area contributed by atoms with E-state index >= 15 is 0 Å². The van der Waals surface area contributed by atoms with Crippen LogP contribution in [0.3, 0.4) is 0 Å². The van der Waals surface area contributed by atoms with Gasteiger partial charge in [-0.2, -0.15) is 0 Å². The van der Waals surface area contributed by atoms with Gasteiger partial charge in [-0.25, -0.2) is 0 Å². The molecule has 1 aliphatic carbocycles. The van der Waals surface area contributed by atoms with Crippen molar-refractivity contribution in [2.75, 3.05) is 0 Å². The molecule has 4 N–H and O–H groups in total. The third-order valence-electron chi connectivity index (χ3n) is 2.29. The Morgan fingerprint density at radius 1 is 1.62 bits per heavy atom. The van der Waals surface area contributed by atoms with Crippen molar-refractivity contribution in [3.63, 3.8) is 0 Å². The molecule has 0 radical (unpaired) electrons. The molecule has 0 heterocycles. The van der Waals surface area contributed by atoms with Crippen LogP contribution < -0.4 is 45.7 Å². The van der Waals surface area contributed by atoms with Gasteiger partial charge in [-0.15, -0.1) is 0 Å². The number of nitrogens with one attached hydrogen (secondary N) is 1. The van der Waals surface area contributed by atoms with E-state index in [1.54, 1.807) is 0 Å². The van der Waals surface area contributed by atoms with E-state index in [4.69, 9.17) is 5.73 Å². The van der Waals surface area contributed by atoms with Crippen molar-refractivity contribution in [2.45, 2.75) is 31.5 Å². The Bertz CT molecular complexity index is 319. The van der Waals surface area contributed by atoms with Crippen molar-refractivity contribution < 1.29 is 49.4 Å². The van der Waals surface area contributed by atoms with Crippen LogP contribution in [0, 0.1) is 0 Å². The van der Waals surface area contributed by atoms with Gasteiger partial charge in [0.05, 0.1) is 18.1 Å². The van der Waals surface area contributed by atoms with Crippen molar-refractivity contribution in [3.05, 3.63) is 11.6 Å². The normalized spacial score (nSPS) is 28.7. The molecule has 7 heteroatoms. The van der Waals surface area contributed by atoms with Crippen LogP contribution in [0.25, 0.3) is 0 Å². The van der Waals surface area contributed by atoms with E-state index in [0.717, 1.165) is 6.08 Å². The summed E-state index contributed by atoms with van der Waals surface area (Å²) in [5, 5.41) is 22.6. The average Bonchev–Trinajstić information content (AvgIpc) is 2.10. The number of aliphatic hydroxyl groups is 1. The number of amides is 1. The van der Waals surface area contributed by atoms with Gasteiger partial charge in [-0.1, -0.05) is 0 Å². The molecule has 3 atom stereocenters. The van der Waals surface area contributed by atoms with Crippen molar-refractivity contribution in [3.8, 4) is 0 Å². The fourth-order valence-electron chi connectivity index (χ4n) is 1.59. The molecule has 84 valence electrons. The van der Waals surface area contributed by atoms with Crippen LogP contribution in [-0.2, 0) is 9.59 Å². The number of rotatable bonds is 2. The van der Waals surface area contributed by atoms with Crippen LogP contribution in [0.4, 0.5) is 0 Å². The Kier molecular flexibility index (Phi) is 6.20. The van der Waals surface area contributed by atoms with Gasteiger partial charge in [0.2, 0.25) is 5.91 Å². The van der Waals surface area contributed by atoms with Gasteiger partial charge in [0.1, 0.15) is 0 Å². The first-order chi connectivity index (χ1) is 6.91. The van der Waals surface area contributed by atoms with E-state index in [0.29, 0.717) is 0 Å². The Morgan fingerprint density at radius 3 is 2.56 bits per heavy atom. The molecule has 0 aromatic rings. The molecule has 16 heavy (non-hydrogen) atoms. The summed E-state index contributed by atoms with van der Waals surface area (Å²) in [4.78, 5) is 21.3. The fraction of sp³-hybridized carbons (Fsp3) is 0.556. The molecule has 0 aromatic carbocycles. The van der Waals surface area contributed by atoms with Gasteiger partial charge < -0.3 is 26.1 Å². The number of nitrogens with two attached hydrogens (primary N) is 1. The zero-order chi connectivity index (χ0) is 11.6. The van der Waals surface area contributed by atoms with Crippen LogP contribution in [0.15, 0.2) is 11.6 Å². The summed E-state index contributed by atoms with van der Waals surface area (Å²) >= 11 is 0. The third kappa shape index (κ3) is 3.88. The largest absolute Gasteiger partial charge is 1.00 e. The van der Waals surface area contributed by atoms with Crippen molar-refractivity contribution in [2.24, 2.45) is 5.73 Å². The van der Waals surface area contributed by atoms with Crippen molar-refractivity contribution in [1.29, 1.82) is 0 Å². The van der Waals surface area contributed by atoms with Crippen LogP contribution in [-0.4, -0.2) is 35.2 Å². The van der Waals surface area contributed by atoms with Gasteiger partial charge in [0.15, 0.2) is 0 Å². The Balaban J connectivity index is 0.00000225. The maximum Gasteiger partial charge on any atom is 1.00 e. The maximum absolute atomic E-state index is 10.8. The molecule has 0 aliphatic heterocycles. The van der Waals surface area contributed by atoms with E-state index in [2.05, 4.69) is 5.32 Å². The predicted octanol–water partition coefficient (Wildman–Crippen LogP) is -5.74. The number of hydrogen-bond donors (Lipinski definition) is 3. The standard InChI is InChI=1S/C9H14N2O4.Na/c1-4(12)11-8-6(10)2-5(9(14)15)3-7(8)13;/h3,6-8,13H,2,10H2,1H3,(H,11,12)(H,14,15);/q;+1/p-1. The van der Waals surface area contributed by atoms with E-state index in [1.165, 1.54) is 6.92 Å². The summed E-state index contributed by atoms with van der Waals surface area (Å²) in [6, 6.07) is -1.27. The number of aliphatic hydroxyl groups excluding tert-OH is 1. The first-order valence-corrected chi connectivity index (χ1v) is 4.54. The van der Waals surface area contributed by atoms with Gasteiger partial charge in [0.25, 0.3) is 0 Å². The predicted molar refractivity (Wildman–Crippen MR) is 49.3 cm³/mol. The second-order valence-corrected chi connectivity index (χ2v) is 3.56. The van der Waals surface area contributed by atoms with E-state index in [1.807, 2.05) is 0 Å². The van der Waals surface area contributed by atoms with Crippen molar-refractivity contribution in [1.82, 2.24) is 5.32 Å². The van der Waals surface area contributed by atoms with Crippen molar-refractivity contribution >= 4 is 11.9 Å². The molecule has 1 rings (SSSR count). The summed E-state index contributed by atoms with van der Waals surface area (Å²) in [6.45, 7) is 1.30. The van der Waals surface area contributed by atoms with E-state index in [-0.39, 0.29) is 47.5 Å². The molecule has 1 aliphatic rings. The summed E-state index contributed by atoms with van der Waals surface area (Å²) in [7, 11) is 0. The number of carbonyl (C=O) groups excluding carboxylic acids is 2. The quantitative estimate of drug-likeness (QED) is 0.413. The summed E-state index contributed by atoms with van der Waals surface area (Å²) in [5.41, 5.74) is 5.61. The fourth-order valence-corrected chi connectivity index (χ4v) is 1.59. The van der Waals surface area contributed by atoms with Gasteiger partial charge >= 0.3 is 29.6 Å². The molecule has 0 saturated heterocycles. The second-order valence-electron chi connectivity index (χ2n) is 3.56. The van der Waals surface area contributed by atoms with Crippen LogP contribution >= 0.6 is 0 Å². The zero-order valence-corrected chi connectivity index (χ0v) is 11.3. The molecule has 0 bridgehead atoms. The molecule has 0 spiro atoms. The number of carboxylic acids is 1. The minimum Gasteiger partial charge on any atom is -0.545 e. The molecular weight excluding hydrogens is 223 g/mol. The Hall–Kier alpha value is -0.400. The number of aliphatic carboxylic acids is 1. The Morgan fingerprint density at radius 2 is 2.19 bits per heavy atom. The SMILES string of the molecule is CC(=O)NC1C(O)C=C(C(=O)[O-])CC1N.[Na+]. The minimum absolute atomic E-state index is 0. The maximum atomic E-state index is 10.8. The van der Waals surface area contributed by atoms with E-state index in [9.17, 15) is 19.8 Å². The third-order valence-corrected chi connectivity index (χ3v) is 2.29.